The Morgan fingerprint density at radius 3 is 1.90 bits per heavy atom. The van der Waals surface area contributed by atoms with Crippen LogP contribution in [0.25, 0.3) is 5.57 Å². The van der Waals surface area contributed by atoms with E-state index in [-0.39, 0.29) is 11.8 Å². The Labute approximate surface area is 170 Å². The lowest BCUT2D eigenvalue weighted by molar-refractivity contribution is -0.120. The van der Waals surface area contributed by atoms with E-state index < -0.39 is 0 Å². The maximum Gasteiger partial charge on any atom is 0.282 e. The average molecular weight is 382 g/mol. The number of carbonyl (C=O) groups excluding carboxylic acids is 2. The third kappa shape index (κ3) is 3.45. The maximum absolute atomic E-state index is 13.4. The van der Waals surface area contributed by atoms with Gasteiger partial charge in [0.1, 0.15) is 5.70 Å². The molecular formula is C25H22N2O2. The molecule has 3 aromatic rings. The Morgan fingerprint density at radius 1 is 0.690 bits per heavy atom. The van der Waals surface area contributed by atoms with Gasteiger partial charge in [-0.3, -0.25) is 9.59 Å². The molecule has 0 aromatic heterocycles. The van der Waals surface area contributed by atoms with E-state index in [2.05, 4.69) is 5.32 Å². The number of nitrogens with zero attached hydrogens (tertiary/aromatic N) is 1. The molecule has 1 N–H and O–H groups in total. The molecular weight excluding hydrogens is 360 g/mol. The molecule has 2 amide bonds. The van der Waals surface area contributed by atoms with Gasteiger partial charge >= 0.3 is 0 Å². The van der Waals surface area contributed by atoms with E-state index in [1.807, 2.05) is 87.5 Å². The summed E-state index contributed by atoms with van der Waals surface area (Å²) < 4.78 is 0. The highest BCUT2D eigenvalue weighted by Crippen LogP contribution is 2.35. The molecule has 0 fully saturated rings. The van der Waals surface area contributed by atoms with Crippen molar-refractivity contribution < 1.29 is 9.59 Å². The van der Waals surface area contributed by atoms with E-state index in [4.69, 9.17) is 0 Å². The molecule has 0 bridgehead atoms. The summed E-state index contributed by atoms with van der Waals surface area (Å²) in [7, 11) is 0. The standard InChI is InChI=1S/C25H22N2O2/c1-16-8-12-19(13-9-16)22-23(26-20-14-10-17(2)11-15-20)25(29)27(24(22)28)21-7-5-4-6-18(21)3/h4-15,26H,1-3H3. The normalized spacial score (nSPS) is 14.0. The lowest BCUT2D eigenvalue weighted by Gasteiger charge is -2.17. The van der Waals surface area contributed by atoms with Crippen molar-refractivity contribution in [2.24, 2.45) is 0 Å². The monoisotopic (exact) mass is 382 g/mol. The number of para-hydroxylation sites is 1. The summed E-state index contributed by atoms with van der Waals surface area (Å²) in [5.74, 6) is -0.664. The van der Waals surface area contributed by atoms with E-state index in [1.54, 1.807) is 6.07 Å². The van der Waals surface area contributed by atoms with Gasteiger partial charge in [0, 0.05) is 5.69 Å². The molecule has 1 aliphatic rings. The summed E-state index contributed by atoms with van der Waals surface area (Å²) in [6.45, 7) is 5.89. The van der Waals surface area contributed by atoms with Gasteiger partial charge in [-0.05, 0) is 50.1 Å². The highest BCUT2D eigenvalue weighted by Gasteiger charge is 2.40. The molecule has 4 heteroatoms. The number of carbonyl (C=O) groups is 2. The second kappa shape index (κ2) is 7.40. The van der Waals surface area contributed by atoms with Crippen molar-refractivity contribution in [3.05, 3.63) is 101 Å². The zero-order chi connectivity index (χ0) is 20.5. The molecule has 0 saturated heterocycles. The summed E-state index contributed by atoms with van der Waals surface area (Å²) in [6.07, 6.45) is 0. The summed E-state index contributed by atoms with van der Waals surface area (Å²) in [6, 6.07) is 22.8. The van der Waals surface area contributed by atoms with Crippen LogP contribution in [0.4, 0.5) is 11.4 Å². The van der Waals surface area contributed by atoms with Crippen molar-refractivity contribution in [2.75, 3.05) is 10.2 Å². The van der Waals surface area contributed by atoms with E-state index in [1.165, 1.54) is 4.90 Å². The fourth-order valence-electron chi connectivity index (χ4n) is 3.45. The first-order chi connectivity index (χ1) is 14.0. The number of imide groups is 1. The Hall–Kier alpha value is -3.66. The summed E-state index contributed by atoms with van der Waals surface area (Å²) in [5.41, 5.74) is 5.86. The van der Waals surface area contributed by atoms with Crippen LogP contribution in [0.5, 0.6) is 0 Å². The van der Waals surface area contributed by atoms with Crippen LogP contribution in [0.1, 0.15) is 22.3 Å². The lowest BCUT2D eigenvalue weighted by atomic mass is 10.0. The zero-order valence-electron chi connectivity index (χ0n) is 16.7. The fourth-order valence-corrected chi connectivity index (χ4v) is 3.45. The van der Waals surface area contributed by atoms with Crippen molar-refractivity contribution in [3.8, 4) is 0 Å². The number of amides is 2. The Balaban J connectivity index is 1.83. The highest BCUT2D eigenvalue weighted by atomic mass is 16.2. The average Bonchev–Trinajstić information content (AvgIpc) is 2.95. The number of anilines is 2. The van der Waals surface area contributed by atoms with E-state index >= 15 is 0 Å². The molecule has 29 heavy (non-hydrogen) atoms. The van der Waals surface area contributed by atoms with Crippen LogP contribution in [0, 0.1) is 20.8 Å². The minimum atomic E-state index is -0.347. The number of nitrogens with one attached hydrogen (secondary N) is 1. The number of hydrogen-bond acceptors (Lipinski definition) is 3. The first-order valence-corrected chi connectivity index (χ1v) is 9.55. The first kappa shape index (κ1) is 18.7. The minimum absolute atomic E-state index is 0.297. The second-order valence-corrected chi connectivity index (χ2v) is 7.34. The number of hydrogen-bond donors (Lipinski definition) is 1. The van der Waals surface area contributed by atoms with Crippen molar-refractivity contribution in [1.29, 1.82) is 0 Å². The van der Waals surface area contributed by atoms with Gasteiger partial charge in [-0.2, -0.15) is 0 Å². The van der Waals surface area contributed by atoms with Crippen LogP contribution in [0.15, 0.2) is 78.5 Å². The molecule has 3 aromatic carbocycles. The maximum atomic E-state index is 13.4. The zero-order valence-corrected chi connectivity index (χ0v) is 16.7. The van der Waals surface area contributed by atoms with Gasteiger partial charge in [0.05, 0.1) is 11.3 Å². The van der Waals surface area contributed by atoms with E-state index in [0.717, 1.165) is 27.9 Å². The van der Waals surface area contributed by atoms with E-state index in [0.29, 0.717) is 17.0 Å². The Bertz CT molecular complexity index is 1130. The SMILES string of the molecule is Cc1ccc(NC2=C(c3ccc(C)cc3)C(=O)N(c3ccccc3C)C2=O)cc1. The predicted molar refractivity (Wildman–Crippen MR) is 117 cm³/mol. The van der Waals surface area contributed by atoms with Crippen molar-refractivity contribution in [3.63, 3.8) is 0 Å². The molecule has 0 saturated carbocycles. The molecule has 4 rings (SSSR count). The third-order valence-corrected chi connectivity index (χ3v) is 5.10. The number of benzene rings is 3. The van der Waals surface area contributed by atoms with Gasteiger partial charge in [-0.25, -0.2) is 4.90 Å². The van der Waals surface area contributed by atoms with Crippen LogP contribution in [0.3, 0.4) is 0 Å². The van der Waals surface area contributed by atoms with Crippen LogP contribution in [-0.2, 0) is 9.59 Å². The largest absolute Gasteiger partial charge is 0.350 e. The fraction of sp³-hybridized carbons (Fsp3) is 0.120. The Kier molecular flexibility index (Phi) is 4.77. The van der Waals surface area contributed by atoms with Crippen LogP contribution < -0.4 is 10.2 Å². The number of rotatable bonds is 4. The Morgan fingerprint density at radius 2 is 1.28 bits per heavy atom. The van der Waals surface area contributed by atoms with Gasteiger partial charge in [0.15, 0.2) is 0 Å². The van der Waals surface area contributed by atoms with Crippen molar-refractivity contribution in [2.45, 2.75) is 20.8 Å². The van der Waals surface area contributed by atoms with Gasteiger partial charge in [-0.15, -0.1) is 0 Å². The molecule has 1 heterocycles. The topological polar surface area (TPSA) is 49.4 Å². The van der Waals surface area contributed by atoms with Gasteiger partial charge in [0.2, 0.25) is 0 Å². The van der Waals surface area contributed by atoms with Crippen LogP contribution >= 0.6 is 0 Å². The smallest absolute Gasteiger partial charge is 0.282 e. The predicted octanol–water partition coefficient (Wildman–Crippen LogP) is 5.01. The van der Waals surface area contributed by atoms with Gasteiger partial charge < -0.3 is 5.32 Å². The van der Waals surface area contributed by atoms with Gasteiger partial charge in [-0.1, -0.05) is 65.7 Å². The lowest BCUT2D eigenvalue weighted by Crippen LogP contribution is -2.33. The third-order valence-electron chi connectivity index (χ3n) is 5.10. The van der Waals surface area contributed by atoms with Crippen LogP contribution in [-0.4, -0.2) is 11.8 Å². The quantitative estimate of drug-likeness (QED) is 0.646. The minimum Gasteiger partial charge on any atom is -0.350 e. The molecule has 1 aliphatic heterocycles. The molecule has 0 radical (unpaired) electrons. The van der Waals surface area contributed by atoms with Crippen molar-refractivity contribution >= 4 is 28.8 Å². The molecule has 0 aliphatic carbocycles. The molecule has 0 spiro atoms. The van der Waals surface area contributed by atoms with E-state index in [9.17, 15) is 9.59 Å². The summed E-state index contributed by atoms with van der Waals surface area (Å²) >= 11 is 0. The highest BCUT2D eigenvalue weighted by molar-refractivity contribution is 6.46. The van der Waals surface area contributed by atoms with Crippen molar-refractivity contribution in [1.82, 2.24) is 0 Å². The summed E-state index contributed by atoms with van der Waals surface area (Å²) in [5, 5.41) is 3.20. The molecule has 4 nitrogen and oxygen atoms in total. The molecule has 0 unspecified atom stereocenters. The first-order valence-electron chi connectivity index (χ1n) is 9.55. The number of aryl methyl sites for hydroxylation is 3. The van der Waals surface area contributed by atoms with Gasteiger partial charge in [0.25, 0.3) is 11.8 Å². The summed E-state index contributed by atoms with van der Waals surface area (Å²) in [4.78, 5) is 28.1. The van der Waals surface area contributed by atoms with Crippen LogP contribution in [0.2, 0.25) is 0 Å². The molecule has 144 valence electrons. The molecule has 0 atom stereocenters. The second-order valence-electron chi connectivity index (χ2n) is 7.34.